The van der Waals surface area contributed by atoms with Crippen LogP contribution in [0.3, 0.4) is 0 Å². The Morgan fingerprint density at radius 1 is 1.03 bits per heavy atom. The molecule has 2 aromatic carbocycles. The van der Waals surface area contributed by atoms with Crippen molar-refractivity contribution in [3.8, 4) is 0 Å². The summed E-state index contributed by atoms with van der Waals surface area (Å²) in [7, 11) is -3.57. The van der Waals surface area contributed by atoms with Gasteiger partial charge < -0.3 is 5.32 Å². The summed E-state index contributed by atoms with van der Waals surface area (Å²) in [4.78, 5) is 12.7. The molecule has 0 spiro atoms. The molecule has 1 saturated heterocycles. The van der Waals surface area contributed by atoms with Gasteiger partial charge in [-0.25, -0.2) is 12.8 Å². The van der Waals surface area contributed by atoms with Crippen molar-refractivity contribution in [3.05, 3.63) is 65.5 Å². The number of piperidine rings is 1. The SMILES string of the molecule is C[C@@H]1C[C@H](C)CN(S(=O)(=O)c2ccc(C(=O)N[C@@H](C)c3ccc(F)cc3)cc2)C1. The summed E-state index contributed by atoms with van der Waals surface area (Å²) in [6.07, 6.45) is 1.03. The van der Waals surface area contributed by atoms with Gasteiger partial charge in [0.1, 0.15) is 5.82 Å². The van der Waals surface area contributed by atoms with Crippen molar-refractivity contribution in [1.82, 2.24) is 9.62 Å². The fourth-order valence-electron chi connectivity index (χ4n) is 3.84. The van der Waals surface area contributed by atoms with Gasteiger partial charge in [-0.2, -0.15) is 4.31 Å². The van der Waals surface area contributed by atoms with Gasteiger partial charge in [-0.15, -0.1) is 0 Å². The minimum atomic E-state index is -3.57. The Bertz CT molecular complexity index is 949. The molecular weight excluding hydrogens is 391 g/mol. The lowest BCUT2D eigenvalue weighted by Crippen LogP contribution is -2.42. The van der Waals surface area contributed by atoms with Gasteiger partial charge in [0.2, 0.25) is 10.0 Å². The van der Waals surface area contributed by atoms with Crippen LogP contribution in [0.2, 0.25) is 0 Å². The average molecular weight is 419 g/mol. The van der Waals surface area contributed by atoms with Gasteiger partial charge in [0, 0.05) is 18.7 Å². The maximum Gasteiger partial charge on any atom is 0.251 e. The Balaban J connectivity index is 1.70. The highest BCUT2D eigenvalue weighted by Gasteiger charge is 2.31. The molecule has 0 radical (unpaired) electrons. The van der Waals surface area contributed by atoms with Crippen LogP contribution in [0.4, 0.5) is 4.39 Å². The van der Waals surface area contributed by atoms with Gasteiger partial charge >= 0.3 is 0 Å². The van der Waals surface area contributed by atoms with Gasteiger partial charge in [0.05, 0.1) is 10.9 Å². The Morgan fingerprint density at radius 2 is 1.59 bits per heavy atom. The van der Waals surface area contributed by atoms with Crippen molar-refractivity contribution in [3.63, 3.8) is 0 Å². The minimum Gasteiger partial charge on any atom is -0.346 e. The zero-order chi connectivity index (χ0) is 21.2. The van der Waals surface area contributed by atoms with Crippen LogP contribution in [0.15, 0.2) is 53.4 Å². The molecular formula is C22H27FN2O3S. The highest BCUT2D eigenvalue weighted by atomic mass is 32.2. The zero-order valence-corrected chi connectivity index (χ0v) is 17.7. The highest BCUT2D eigenvalue weighted by molar-refractivity contribution is 7.89. The predicted molar refractivity (Wildman–Crippen MR) is 110 cm³/mol. The maximum absolute atomic E-state index is 13.0. The lowest BCUT2D eigenvalue weighted by atomic mass is 9.94. The summed E-state index contributed by atoms with van der Waals surface area (Å²) in [5.74, 6) is 0.00519. The van der Waals surface area contributed by atoms with Crippen LogP contribution in [-0.4, -0.2) is 31.7 Å². The van der Waals surface area contributed by atoms with E-state index in [9.17, 15) is 17.6 Å². The third kappa shape index (κ3) is 5.03. The molecule has 1 fully saturated rings. The molecule has 0 bridgehead atoms. The van der Waals surface area contributed by atoms with E-state index in [1.807, 2.05) is 6.92 Å². The summed E-state index contributed by atoms with van der Waals surface area (Å²) in [6.45, 7) is 6.97. The molecule has 0 unspecified atom stereocenters. The quantitative estimate of drug-likeness (QED) is 0.799. The van der Waals surface area contributed by atoms with Gasteiger partial charge in [0.15, 0.2) is 0 Å². The van der Waals surface area contributed by atoms with Crippen LogP contribution in [0, 0.1) is 17.7 Å². The Hall–Kier alpha value is -2.25. The number of hydrogen-bond acceptors (Lipinski definition) is 3. The molecule has 0 aliphatic carbocycles. The molecule has 1 aliphatic heterocycles. The molecule has 0 saturated carbocycles. The van der Waals surface area contributed by atoms with E-state index in [0.717, 1.165) is 12.0 Å². The Morgan fingerprint density at radius 3 is 2.14 bits per heavy atom. The van der Waals surface area contributed by atoms with Gasteiger partial charge in [-0.1, -0.05) is 26.0 Å². The zero-order valence-electron chi connectivity index (χ0n) is 16.9. The molecule has 1 N–H and O–H groups in total. The maximum atomic E-state index is 13.0. The van der Waals surface area contributed by atoms with Crippen LogP contribution in [0.5, 0.6) is 0 Å². The summed E-state index contributed by atoms with van der Waals surface area (Å²) < 4.78 is 40.5. The molecule has 156 valence electrons. The van der Waals surface area contributed by atoms with Crippen molar-refractivity contribution in [2.45, 2.75) is 38.1 Å². The van der Waals surface area contributed by atoms with E-state index in [1.165, 1.54) is 40.7 Å². The standard InChI is InChI=1S/C22H27FN2O3S/c1-15-12-16(2)14-25(13-15)29(27,28)21-10-6-19(7-11-21)22(26)24-17(3)18-4-8-20(23)9-5-18/h4-11,15-17H,12-14H2,1-3H3,(H,24,26)/t15-,16+,17-/m0/s1. The second-order valence-electron chi connectivity index (χ2n) is 8.04. The van der Waals surface area contributed by atoms with E-state index in [-0.39, 0.29) is 22.7 Å². The Labute approximate surface area is 172 Å². The summed E-state index contributed by atoms with van der Waals surface area (Å²) >= 11 is 0. The van der Waals surface area contributed by atoms with Crippen LogP contribution >= 0.6 is 0 Å². The molecule has 3 atom stereocenters. The number of amides is 1. The molecule has 1 heterocycles. The molecule has 1 aliphatic rings. The van der Waals surface area contributed by atoms with Crippen LogP contribution < -0.4 is 5.32 Å². The number of carbonyl (C=O) groups is 1. The molecule has 29 heavy (non-hydrogen) atoms. The van der Waals surface area contributed by atoms with Crippen molar-refractivity contribution < 1.29 is 17.6 Å². The van der Waals surface area contributed by atoms with Crippen LogP contribution in [-0.2, 0) is 10.0 Å². The van der Waals surface area contributed by atoms with Gasteiger partial charge in [-0.05, 0) is 67.1 Å². The highest BCUT2D eigenvalue weighted by Crippen LogP contribution is 2.26. The van der Waals surface area contributed by atoms with E-state index in [0.29, 0.717) is 30.5 Å². The number of benzene rings is 2. The number of carbonyl (C=O) groups excluding carboxylic acids is 1. The van der Waals surface area contributed by atoms with E-state index >= 15 is 0 Å². The minimum absolute atomic E-state index is 0.196. The van der Waals surface area contributed by atoms with Crippen molar-refractivity contribution in [1.29, 1.82) is 0 Å². The predicted octanol–water partition coefficient (Wildman–Crippen LogP) is 3.98. The van der Waals surface area contributed by atoms with Crippen molar-refractivity contribution >= 4 is 15.9 Å². The lowest BCUT2D eigenvalue weighted by molar-refractivity contribution is 0.0940. The van der Waals surface area contributed by atoms with E-state index in [1.54, 1.807) is 12.1 Å². The number of halogens is 1. The fraction of sp³-hybridized carbons (Fsp3) is 0.409. The van der Waals surface area contributed by atoms with E-state index in [2.05, 4.69) is 19.2 Å². The molecule has 5 nitrogen and oxygen atoms in total. The first-order valence-corrected chi connectivity index (χ1v) is 11.3. The number of nitrogens with zero attached hydrogens (tertiary/aromatic N) is 1. The van der Waals surface area contributed by atoms with E-state index < -0.39 is 10.0 Å². The van der Waals surface area contributed by atoms with Crippen LogP contribution in [0.1, 0.15) is 49.2 Å². The summed E-state index contributed by atoms with van der Waals surface area (Å²) in [5, 5.41) is 2.84. The number of rotatable bonds is 5. The average Bonchev–Trinajstić information content (AvgIpc) is 2.67. The molecule has 2 aromatic rings. The van der Waals surface area contributed by atoms with Crippen molar-refractivity contribution in [2.75, 3.05) is 13.1 Å². The third-order valence-corrected chi connectivity index (χ3v) is 7.15. The number of nitrogens with one attached hydrogen (secondary N) is 1. The van der Waals surface area contributed by atoms with Gasteiger partial charge in [-0.3, -0.25) is 4.79 Å². The van der Waals surface area contributed by atoms with Crippen LogP contribution in [0.25, 0.3) is 0 Å². The normalized spacial score (nSPS) is 21.5. The number of hydrogen-bond donors (Lipinski definition) is 1. The monoisotopic (exact) mass is 418 g/mol. The summed E-state index contributed by atoms with van der Waals surface area (Å²) in [6, 6.07) is 11.6. The second-order valence-corrected chi connectivity index (χ2v) is 9.98. The third-order valence-electron chi connectivity index (χ3n) is 5.31. The first-order valence-electron chi connectivity index (χ1n) is 9.83. The molecule has 1 amide bonds. The fourth-order valence-corrected chi connectivity index (χ4v) is 5.52. The van der Waals surface area contributed by atoms with Crippen molar-refractivity contribution in [2.24, 2.45) is 11.8 Å². The first kappa shape index (κ1) is 21.5. The summed E-state index contributed by atoms with van der Waals surface area (Å²) in [5.41, 5.74) is 1.16. The largest absolute Gasteiger partial charge is 0.346 e. The number of sulfonamides is 1. The van der Waals surface area contributed by atoms with Gasteiger partial charge in [0.25, 0.3) is 5.91 Å². The smallest absolute Gasteiger partial charge is 0.251 e. The molecule has 7 heteroatoms. The van der Waals surface area contributed by atoms with E-state index in [4.69, 9.17) is 0 Å². The Kier molecular flexibility index (Phi) is 6.39. The molecule has 3 rings (SSSR count). The topological polar surface area (TPSA) is 66.5 Å². The molecule has 0 aromatic heterocycles. The second kappa shape index (κ2) is 8.63. The first-order chi connectivity index (χ1) is 13.7. The lowest BCUT2D eigenvalue weighted by Gasteiger charge is -2.34.